The summed E-state index contributed by atoms with van der Waals surface area (Å²) in [6.45, 7) is 8.30. The zero-order chi connectivity index (χ0) is 20.3. The standard InChI is InChI=1S/C20H28N4O3S/c1-13-5-4-9-23(11-13)17(26)6-8-21-16(25)7-10-24-12-22-19-18(20(24)27)14(2)15(3)28-19/h12-13H,4-11H2,1-3H3,(H,21,25). The van der Waals surface area contributed by atoms with Gasteiger partial charge in [-0.1, -0.05) is 6.92 Å². The second-order valence-electron chi connectivity index (χ2n) is 7.64. The van der Waals surface area contributed by atoms with E-state index in [1.54, 1.807) is 0 Å². The highest BCUT2D eigenvalue weighted by atomic mass is 32.1. The third kappa shape index (κ3) is 4.60. The molecule has 0 aromatic carbocycles. The average molecular weight is 405 g/mol. The molecule has 2 aromatic rings. The maximum atomic E-state index is 12.6. The van der Waals surface area contributed by atoms with Gasteiger partial charge in [0.25, 0.3) is 5.56 Å². The van der Waals surface area contributed by atoms with Crippen LogP contribution in [0.15, 0.2) is 11.1 Å². The van der Waals surface area contributed by atoms with E-state index in [4.69, 9.17) is 0 Å². The van der Waals surface area contributed by atoms with E-state index in [1.807, 2.05) is 18.7 Å². The number of nitrogens with zero attached hydrogens (tertiary/aromatic N) is 3. The van der Waals surface area contributed by atoms with Crippen LogP contribution in [0.5, 0.6) is 0 Å². The first kappa shape index (κ1) is 20.5. The smallest absolute Gasteiger partial charge is 0.262 e. The molecular formula is C20H28N4O3S. The summed E-state index contributed by atoms with van der Waals surface area (Å²) in [4.78, 5) is 45.0. The number of hydrogen-bond acceptors (Lipinski definition) is 5. The fourth-order valence-electron chi connectivity index (χ4n) is 3.62. The maximum Gasteiger partial charge on any atom is 0.262 e. The molecule has 1 fully saturated rings. The van der Waals surface area contributed by atoms with E-state index in [9.17, 15) is 14.4 Å². The van der Waals surface area contributed by atoms with Gasteiger partial charge in [-0.25, -0.2) is 4.98 Å². The molecule has 0 bridgehead atoms. The number of carbonyl (C=O) groups is 2. The van der Waals surface area contributed by atoms with Crippen LogP contribution in [0.3, 0.4) is 0 Å². The summed E-state index contributed by atoms with van der Waals surface area (Å²) in [5.74, 6) is 0.484. The Bertz CT molecular complexity index is 933. The number of aryl methyl sites for hydroxylation is 3. The van der Waals surface area contributed by atoms with Crippen molar-refractivity contribution in [1.29, 1.82) is 0 Å². The van der Waals surface area contributed by atoms with Crippen molar-refractivity contribution in [2.45, 2.75) is 53.0 Å². The van der Waals surface area contributed by atoms with Crippen LogP contribution in [0.4, 0.5) is 0 Å². The Morgan fingerprint density at radius 3 is 2.86 bits per heavy atom. The number of aromatic nitrogens is 2. The van der Waals surface area contributed by atoms with Crippen molar-refractivity contribution in [3.05, 3.63) is 27.1 Å². The molecule has 3 rings (SSSR count). The molecule has 2 amide bonds. The molecule has 1 N–H and O–H groups in total. The van der Waals surface area contributed by atoms with Crippen molar-refractivity contribution in [3.63, 3.8) is 0 Å². The molecule has 1 saturated heterocycles. The van der Waals surface area contributed by atoms with Crippen molar-refractivity contribution < 1.29 is 9.59 Å². The lowest BCUT2D eigenvalue weighted by Gasteiger charge is -2.31. The minimum absolute atomic E-state index is 0.0982. The molecule has 1 aliphatic rings. The zero-order valence-electron chi connectivity index (χ0n) is 16.8. The summed E-state index contributed by atoms with van der Waals surface area (Å²) in [6, 6.07) is 0. The lowest BCUT2D eigenvalue weighted by Crippen LogP contribution is -2.40. The zero-order valence-corrected chi connectivity index (χ0v) is 17.6. The van der Waals surface area contributed by atoms with E-state index in [1.165, 1.54) is 28.7 Å². The first-order valence-electron chi connectivity index (χ1n) is 9.86. The topological polar surface area (TPSA) is 84.3 Å². The van der Waals surface area contributed by atoms with Crippen molar-refractivity contribution in [1.82, 2.24) is 19.8 Å². The number of rotatable bonds is 6. The molecule has 3 heterocycles. The highest BCUT2D eigenvalue weighted by Gasteiger charge is 2.20. The normalized spacial score (nSPS) is 17.1. The summed E-state index contributed by atoms with van der Waals surface area (Å²) in [5, 5.41) is 3.43. The number of hydrogen-bond donors (Lipinski definition) is 1. The third-order valence-electron chi connectivity index (χ3n) is 5.41. The Morgan fingerprint density at radius 2 is 2.11 bits per heavy atom. The van der Waals surface area contributed by atoms with E-state index >= 15 is 0 Å². The molecule has 1 atom stereocenters. The fraction of sp³-hybridized carbons (Fsp3) is 0.600. The number of carbonyl (C=O) groups excluding carboxylic acids is 2. The summed E-state index contributed by atoms with van der Waals surface area (Å²) in [6.07, 6.45) is 4.23. The monoisotopic (exact) mass is 404 g/mol. The summed E-state index contributed by atoms with van der Waals surface area (Å²) >= 11 is 1.51. The number of amides is 2. The van der Waals surface area contributed by atoms with Crippen LogP contribution in [0.2, 0.25) is 0 Å². The molecule has 0 saturated carbocycles. The van der Waals surface area contributed by atoms with Crippen LogP contribution in [0.25, 0.3) is 10.2 Å². The van der Waals surface area contributed by atoms with Crippen molar-refractivity contribution >= 4 is 33.4 Å². The Kier molecular flexibility index (Phi) is 6.49. The van der Waals surface area contributed by atoms with Crippen LogP contribution in [-0.4, -0.2) is 45.9 Å². The highest BCUT2D eigenvalue weighted by molar-refractivity contribution is 7.18. The van der Waals surface area contributed by atoms with Gasteiger partial charge in [0.1, 0.15) is 4.83 Å². The Morgan fingerprint density at radius 1 is 1.32 bits per heavy atom. The molecule has 8 heteroatoms. The second kappa shape index (κ2) is 8.86. The largest absolute Gasteiger partial charge is 0.356 e. The van der Waals surface area contributed by atoms with E-state index < -0.39 is 0 Å². The van der Waals surface area contributed by atoms with Crippen LogP contribution in [0.1, 0.15) is 43.0 Å². The number of fused-ring (bicyclic) bond motifs is 1. The Hall–Kier alpha value is -2.22. The fourth-order valence-corrected chi connectivity index (χ4v) is 4.61. The van der Waals surface area contributed by atoms with Gasteiger partial charge in [-0.15, -0.1) is 11.3 Å². The van der Waals surface area contributed by atoms with Gasteiger partial charge in [0.15, 0.2) is 0 Å². The lowest BCUT2D eigenvalue weighted by molar-refractivity contribution is -0.132. The van der Waals surface area contributed by atoms with Gasteiger partial charge in [0.05, 0.1) is 11.7 Å². The molecule has 1 unspecified atom stereocenters. The van der Waals surface area contributed by atoms with Crippen LogP contribution in [0, 0.1) is 19.8 Å². The molecule has 0 spiro atoms. The predicted octanol–water partition coefficient (Wildman–Crippen LogP) is 2.23. The number of thiophene rings is 1. The van der Waals surface area contributed by atoms with Gasteiger partial charge in [-0.3, -0.25) is 19.0 Å². The molecule has 152 valence electrons. The minimum Gasteiger partial charge on any atom is -0.356 e. The molecule has 2 aromatic heterocycles. The van der Waals surface area contributed by atoms with Crippen LogP contribution < -0.4 is 10.9 Å². The first-order chi connectivity index (χ1) is 13.4. The third-order valence-corrected chi connectivity index (χ3v) is 6.52. The Balaban J connectivity index is 1.47. The average Bonchev–Trinajstić information content (AvgIpc) is 2.96. The number of likely N-dealkylation sites (tertiary alicyclic amines) is 1. The molecular weight excluding hydrogens is 376 g/mol. The molecule has 7 nitrogen and oxygen atoms in total. The van der Waals surface area contributed by atoms with Gasteiger partial charge >= 0.3 is 0 Å². The van der Waals surface area contributed by atoms with Gasteiger partial charge in [0.2, 0.25) is 11.8 Å². The highest BCUT2D eigenvalue weighted by Crippen LogP contribution is 2.25. The van der Waals surface area contributed by atoms with Crippen LogP contribution >= 0.6 is 11.3 Å². The molecule has 0 radical (unpaired) electrons. The summed E-state index contributed by atoms with van der Waals surface area (Å²) in [5.41, 5.74) is 0.857. The van der Waals surface area contributed by atoms with E-state index in [0.29, 0.717) is 24.3 Å². The van der Waals surface area contributed by atoms with E-state index in [0.717, 1.165) is 34.8 Å². The van der Waals surface area contributed by atoms with E-state index in [-0.39, 0.29) is 30.3 Å². The Labute approximate surface area is 168 Å². The number of nitrogens with one attached hydrogen (secondary N) is 1. The maximum absolute atomic E-state index is 12.6. The minimum atomic E-state index is -0.162. The second-order valence-corrected chi connectivity index (χ2v) is 8.85. The molecule has 1 aliphatic heterocycles. The first-order valence-corrected chi connectivity index (χ1v) is 10.7. The van der Waals surface area contributed by atoms with Crippen molar-refractivity contribution in [2.75, 3.05) is 19.6 Å². The van der Waals surface area contributed by atoms with E-state index in [2.05, 4.69) is 17.2 Å². The van der Waals surface area contributed by atoms with Gasteiger partial charge in [-0.05, 0) is 38.2 Å². The predicted molar refractivity (Wildman–Crippen MR) is 111 cm³/mol. The van der Waals surface area contributed by atoms with Gasteiger partial charge in [-0.2, -0.15) is 0 Å². The SMILES string of the molecule is Cc1sc2ncn(CCC(=O)NCCC(=O)N3CCCC(C)C3)c(=O)c2c1C. The quantitative estimate of drug-likeness (QED) is 0.800. The summed E-state index contributed by atoms with van der Waals surface area (Å²) < 4.78 is 1.49. The number of piperidine rings is 1. The van der Waals surface area contributed by atoms with Gasteiger partial charge in [0, 0.05) is 43.9 Å². The van der Waals surface area contributed by atoms with Gasteiger partial charge < -0.3 is 10.2 Å². The van der Waals surface area contributed by atoms with Crippen molar-refractivity contribution in [2.24, 2.45) is 5.92 Å². The van der Waals surface area contributed by atoms with Crippen molar-refractivity contribution in [3.8, 4) is 0 Å². The van der Waals surface area contributed by atoms with Crippen LogP contribution in [-0.2, 0) is 16.1 Å². The lowest BCUT2D eigenvalue weighted by atomic mass is 10.00. The summed E-state index contributed by atoms with van der Waals surface area (Å²) in [7, 11) is 0. The molecule has 0 aliphatic carbocycles. The molecule has 28 heavy (non-hydrogen) atoms.